The molecule has 0 aromatic carbocycles. The molecule has 4 rings (SSSR count). The Morgan fingerprint density at radius 2 is 1.25 bits per heavy atom. The maximum atomic E-state index is 12.0. The van der Waals surface area contributed by atoms with Crippen molar-refractivity contribution in [2.24, 2.45) is 34.5 Å². The summed E-state index contributed by atoms with van der Waals surface area (Å²) < 4.78 is 19.3. The summed E-state index contributed by atoms with van der Waals surface area (Å²) in [7, 11) is 0. The third-order valence-electron chi connectivity index (χ3n) is 9.54. The topological polar surface area (TPSA) is 102 Å². The van der Waals surface area contributed by atoms with Crippen LogP contribution in [0.3, 0.4) is 0 Å². The van der Waals surface area contributed by atoms with E-state index in [1.165, 1.54) is 0 Å². The van der Waals surface area contributed by atoms with E-state index in [1.54, 1.807) is 0 Å². The fraction of sp³-hybridized carbons (Fsp3) is 0.920. The molecule has 0 aromatic heterocycles. The highest BCUT2D eigenvalue weighted by Crippen LogP contribution is 2.75. The van der Waals surface area contributed by atoms with Crippen molar-refractivity contribution in [3.63, 3.8) is 0 Å². The zero-order valence-electron chi connectivity index (χ0n) is 20.4. The van der Waals surface area contributed by atoms with E-state index in [2.05, 4.69) is 41.5 Å². The molecule has 6 unspecified atom stereocenters. The first-order chi connectivity index (χ1) is 14.7. The van der Waals surface area contributed by atoms with Crippen molar-refractivity contribution in [2.45, 2.75) is 104 Å². The van der Waals surface area contributed by atoms with Crippen molar-refractivity contribution in [3.8, 4) is 0 Å². The van der Waals surface area contributed by atoms with Crippen LogP contribution >= 0.6 is 0 Å². The Balaban J connectivity index is 1.71. The van der Waals surface area contributed by atoms with E-state index in [1.807, 2.05) is 0 Å². The first-order valence-electron chi connectivity index (χ1n) is 12.2. The van der Waals surface area contributed by atoms with E-state index >= 15 is 0 Å². The molecule has 0 heterocycles. The third-order valence-corrected chi connectivity index (χ3v) is 9.54. The van der Waals surface area contributed by atoms with Gasteiger partial charge in [-0.15, -0.1) is 0 Å². The molecule has 7 heteroatoms. The molecule has 4 aliphatic rings. The van der Waals surface area contributed by atoms with Crippen molar-refractivity contribution >= 4 is 11.9 Å². The van der Waals surface area contributed by atoms with Gasteiger partial charge < -0.3 is 24.4 Å². The fourth-order valence-corrected chi connectivity index (χ4v) is 7.59. The first kappa shape index (κ1) is 24.0. The van der Waals surface area contributed by atoms with Crippen molar-refractivity contribution in [1.82, 2.24) is 0 Å². The predicted octanol–water partition coefficient (Wildman–Crippen LogP) is 4.68. The molecule has 0 radical (unpaired) electrons. The third kappa shape index (κ3) is 3.50. The van der Waals surface area contributed by atoms with Gasteiger partial charge in [0.1, 0.15) is 13.0 Å². The van der Waals surface area contributed by atoms with Crippen LogP contribution in [-0.4, -0.2) is 45.9 Å². The minimum Gasteiger partial charge on any atom is -0.481 e. The monoisotopic (exact) mass is 452 g/mol. The quantitative estimate of drug-likeness (QED) is 0.490. The van der Waals surface area contributed by atoms with E-state index in [0.717, 1.165) is 38.5 Å². The van der Waals surface area contributed by atoms with E-state index in [4.69, 9.17) is 14.2 Å². The van der Waals surface area contributed by atoms with Crippen LogP contribution in [0.2, 0.25) is 0 Å². The van der Waals surface area contributed by atoms with Crippen LogP contribution in [-0.2, 0) is 23.8 Å². The van der Waals surface area contributed by atoms with Crippen LogP contribution in [0.15, 0.2) is 0 Å². The molecule has 4 fully saturated rings. The largest absolute Gasteiger partial charge is 0.481 e. The molecule has 4 saturated carbocycles. The fourth-order valence-electron chi connectivity index (χ4n) is 7.59. The molecule has 0 aromatic rings. The van der Waals surface area contributed by atoms with E-state index in [9.17, 15) is 19.8 Å². The number of hydrogen-bond acceptors (Lipinski definition) is 5. The van der Waals surface area contributed by atoms with Crippen molar-refractivity contribution < 1.29 is 34.0 Å². The molecule has 0 amide bonds. The summed E-state index contributed by atoms with van der Waals surface area (Å²) in [6, 6.07) is 0. The lowest BCUT2D eigenvalue weighted by Crippen LogP contribution is -2.52. The van der Waals surface area contributed by atoms with Gasteiger partial charge in [0, 0.05) is 0 Å². The van der Waals surface area contributed by atoms with Gasteiger partial charge in [0.2, 0.25) is 0 Å². The number of hydrogen-bond donors (Lipinski definition) is 2. The summed E-state index contributed by atoms with van der Waals surface area (Å²) in [6.45, 7) is 12.3. The molecular formula is C25H40O7. The Bertz CT molecular complexity index is 743. The van der Waals surface area contributed by atoms with Gasteiger partial charge in [0.15, 0.2) is 0 Å². The van der Waals surface area contributed by atoms with Gasteiger partial charge in [-0.3, -0.25) is 4.79 Å². The standard InChI is InChI=1S/C25H40O7/c1-15-7-9-17-21(3,4)23(17,11-15)31-25(13-19(26)27,30-14-20(28)29)32-24-12-16(2)8-10-18(24)22(24,5)6/h15-18H,7-14H2,1-6H3,(H,26,27)(H,28,29). The molecule has 6 atom stereocenters. The first-order valence-corrected chi connectivity index (χ1v) is 12.2. The van der Waals surface area contributed by atoms with Gasteiger partial charge in [-0.2, -0.15) is 0 Å². The van der Waals surface area contributed by atoms with Crippen LogP contribution in [0.1, 0.15) is 86.5 Å². The van der Waals surface area contributed by atoms with E-state index in [-0.39, 0.29) is 22.7 Å². The number of carboxylic acid groups (broad SMARTS) is 2. The molecule has 0 spiro atoms. The normalized spacial score (nSPS) is 42.8. The molecule has 0 saturated heterocycles. The summed E-state index contributed by atoms with van der Waals surface area (Å²) in [5, 5.41) is 19.2. The van der Waals surface area contributed by atoms with Crippen LogP contribution in [0.5, 0.6) is 0 Å². The highest BCUT2D eigenvalue weighted by Gasteiger charge is 2.79. The van der Waals surface area contributed by atoms with Gasteiger partial charge in [-0.25, -0.2) is 4.79 Å². The van der Waals surface area contributed by atoms with Gasteiger partial charge in [-0.05, 0) is 60.2 Å². The Morgan fingerprint density at radius 1 is 0.812 bits per heavy atom. The highest BCUT2D eigenvalue weighted by atomic mass is 16.9. The molecule has 0 bridgehead atoms. The molecule has 2 N–H and O–H groups in total. The number of carboxylic acids is 2. The molecule has 32 heavy (non-hydrogen) atoms. The number of ether oxygens (including phenoxy) is 3. The molecule has 4 aliphatic carbocycles. The van der Waals surface area contributed by atoms with Crippen LogP contribution in [0.25, 0.3) is 0 Å². The Labute approximate surface area is 191 Å². The average molecular weight is 453 g/mol. The van der Waals surface area contributed by atoms with Crippen molar-refractivity contribution in [2.75, 3.05) is 6.61 Å². The van der Waals surface area contributed by atoms with E-state index < -0.39 is 42.1 Å². The number of rotatable bonds is 9. The van der Waals surface area contributed by atoms with Gasteiger partial charge >= 0.3 is 11.9 Å². The summed E-state index contributed by atoms with van der Waals surface area (Å²) in [5.74, 6) is -2.78. The number of aliphatic carboxylic acids is 2. The Kier molecular flexibility index (Phi) is 5.55. The van der Waals surface area contributed by atoms with Gasteiger partial charge in [0.05, 0.1) is 11.2 Å². The van der Waals surface area contributed by atoms with Gasteiger partial charge in [-0.1, -0.05) is 54.4 Å². The average Bonchev–Trinajstić information content (AvgIpc) is 3.32. The Morgan fingerprint density at radius 3 is 1.62 bits per heavy atom. The lowest BCUT2D eigenvalue weighted by Gasteiger charge is -2.43. The van der Waals surface area contributed by atoms with Crippen LogP contribution in [0.4, 0.5) is 0 Å². The second kappa shape index (κ2) is 7.41. The summed E-state index contributed by atoms with van der Waals surface area (Å²) in [4.78, 5) is 23.5. The minimum atomic E-state index is -1.92. The van der Waals surface area contributed by atoms with E-state index in [0.29, 0.717) is 11.8 Å². The maximum Gasteiger partial charge on any atom is 0.329 e. The lowest BCUT2D eigenvalue weighted by atomic mass is 9.87. The predicted molar refractivity (Wildman–Crippen MR) is 117 cm³/mol. The lowest BCUT2D eigenvalue weighted by molar-refractivity contribution is -0.424. The maximum absolute atomic E-state index is 12.0. The molecular weight excluding hydrogens is 412 g/mol. The molecule has 182 valence electrons. The number of fused-ring (bicyclic) bond motifs is 2. The van der Waals surface area contributed by atoms with Gasteiger partial charge in [0.25, 0.3) is 5.97 Å². The zero-order chi connectivity index (χ0) is 23.7. The van der Waals surface area contributed by atoms with Crippen molar-refractivity contribution in [1.29, 1.82) is 0 Å². The smallest absolute Gasteiger partial charge is 0.329 e. The van der Waals surface area contributed by atoms with Crippen LogP contribution < -0.4 is 0 Å². The zero-order valence-corrected chi connectivity index (χ0v) is 20.4. The SMILES string of the molecule is CC1CCC2C(C)(C)C2(OC(CC(=O)O)(OCC(=O)O)OC23CC(C)CCC2C3(C)C)C1. The second-order valence-electron chi connectivity index (χ2n) is 12.2. The molecule has 7 nitrogen and oxygen atoms in total. The molecule has 0 aliphatic heterocycles. The Hall–Kier alpha value is -1.18. The summed E-state index contributed by atoms with van der Waals surface area (Å²) >= 11 is 0. The minimum absolute atomic E-state index is 0.145. The second-order valence-corrected chi connectivity index (χ2v) is 12.2. The van der Waals surface area contributed by atoms with Crippen molar-refractivity contribution in [3.05, 3.63) is 0 Å². The van der Waals surface area contributed by atoms with Crippen LogP contribution in [0, 0.1) is 34.5 Å². The summed E-state index contributed by atoms with van der Waals surface area (Å²) in [5.41, 5.74) is -1.42. The summed E-state index contributed by atoms with van der Waals surface area (Å²) in [6.07, 6.45) is 5.28. The number of carbonyl (C=O) groups is 2. The highest BCUT2D eigenvalue weighted by molar-refractivity contribution is 5.69.